The summed E-state index contributed by atoms with van der Waals surface area (Å²) >= 11 is 0. The van der Waals surface area contributed by atoms with Crippen molar-refractivity contribution in [2.24, 2.45) is 0 Å². The number of aliphatic hydroxyl groups excluding tert-OH is 1. The van der Waals surface area contributed by atoms with Crippen molar-refractivity contribution in [1.29, 1.82) is 0 Å². The number of unbranched alkanes of at least 4 members (excludes halogenated alkanes) is 48. The molecule has 0 amide bonds. The number of allylic oxidation sites excluding steroid dienone is 14. The van der Waals surface area contributed by atoms with E-state index in [-0.39, 0.29) is 25.2 Å². The maximum atomic E-state index is 12.4. The summed E-state index contributed by atoms with van der Waals surface area (Å²) in [7, 11) is 0. The summed E-state index contributed by atoms with van der Waals surface area (Å²) in [5.74, 6) is -0.579. The van der Waals surface area contributed by atoms with E-state index in [1.165, 1.54) is 283 Å². The molecule has 0 saturated carbocycles. The van der Waals surface area contributed by atoms with Crippen molar-refractivity contribution in [2.75, 3.05) is 13.2 Å². The number of carbonyl (C=O) groups excluding carboxylic acids is 2. The van der Waals surface area contributed by atoms with Gasteiger partial charge in [0.05, 0.1) is 6.61 Å². The Morgan fingerprint density at radius 2 is 0.506 bits per heavy atom. The lowest BCUT2D eigenvalue weighted by Gasteiger charge is -2.15. The molecule has 85 heavy (non-hydrogen) atoms. The predicted octanol–water partition coefficient (Wildman–Crippen LogP) is 26.4. The molecule has 0 rings (SSSR count). The van der Waals surface area contributed by atoms with Crippen molar-refractivity contribution in [1.82, 2.24) is 0 Å². The summed E-state index contributed by atoms with van der Waals surface area (Å²) in [6.45, 7) is 4.08. The summed E-state index contributed by atoms with van der Waals surface area (Å²) in [6, 6.07) is 0. The molecule has 0 aliphatic carbocycles. The molecule has 5 heteroatoms. The van der Waals surface area contributed by atoms with Crippen LogP contribution in [-0.2, 0) is 19.1 Å². The number of ether oxygens (including phenoxy) is 2. The van der Waals surface area contributed by atoms with Crippen molar-refractivity contribution in [2.45, 2.75) is 399 Å². The van der Waals surface area contributed by atoms with E-state index in [9.17, 15) is 14.7 Å². The highest BCUT2D eigenvalue weighted by Gasteiger charge is 2.16. The van der Waals surface area contributed by atoms with Gasteiger partial charge in [0.15, 0.2) is 6.10 Å². The topological polar surface area (TPSA) is 72.8 Å². The lowest BCUT2D eigenvalue weighted by molar-refractivity contribution is -0.161. The van der Waals surface area contributed by atoms with Gasteiger partial charge in [0.2, 0.25) is 0 Å². The minimum absolute atomic E-state index is 0.0659. The van der Waals surface area contributed by atoms with Gasteiger partial charge in [-0.15, -0.1) is 0 Å². The fraction of sp³-hybridized carbons (Fsp3) is 0.800. The van der Waals surface area contributed by atoms with Gasteiger partial charge in [-0.1, -0.05) is 394 Å². The largest absolute Gasteiger partial charge is 0.462 e. The third kappa shape index (κ3) is 73.5. The summed E-state index contributed by atoms with van der Waals surface area (Å²) in [5.41, 5.74) is 0. The smallest absolute Gasteiger partial charge is 0.306 e. The molecule has 0 aliphatic rings. The fourth-order valence-electron chi connectivity index (χ4n) is 11.4. The molecule has 0 aromatic heterocycles. The van der Waals surface area contributed by atoms with Gasteiger partial charge >= 0.3 is 11.9 Å². The van der Waals surface area contributed by atoms with Crippen LogP contribution in [0.25, 0.3) is 0 Å². The maximum Gasteiger partial charge on any atom is 0.306 e. The molecule has 1 N–H and O–H groups in total. The highest BCUT2D eigenvalue weighted by atomic mass is 16.6. The van der Waals surface area contributed by atoms with Crippen molar-refractivity contribution in [3.63, 3.8) is 0 Å². The zero-order chi connectivity index (χ0) is 61.2. The molecule has 0 fully saturated rings. The number of hydrogen-bond acceptors (Lipinski definition) is 5. The first-order valence-corrected chi connectivity index (χ1v) is 37.6. The molecule has 0 heterocycles. The SMILES string of the molecule is CC/C=C\C/C=C\C/C=C\C/C=C\C/C=C\C/C=C\C/C=C\CCCCCCCCCCCCCC(=O)OC(CO)COC(=O)CCCCCCCCCCCCCCCCCCCCCCCCCCCCCCCCCCCCCCCC. The van der Waals surface area contributed by atoms with Crippen LogP contribution in [-0.4, -0.2) is 36.4 Å². The van der Waals surface area contributed by atoms with Crippen LogP contribution in [0, 0.1) is 0 Å². The van der Waals surface area contributed by atoms with Crippen molar-refractivity contribution >= 4 is 11.9 Å². The second kappa shape index (κ2) is 75.3. The zero-order valence-corrected chi connectivity index (χ0v) is 56.9. The first-order valence-electron chi connectivity index (χ1n) is 37.6. The molecule has 0 aromatic rings. The van der Waals surface area contributed by atoms with Gasteiger partial charge in [0.1, 0.15) is 6.61 Å². The van der Waals surface area contributed by atoms with E-state index >= 15 is 0 Å². The van der Waals surface area contributed by atoms with E-state index in [1.807, 2.05) is 0 Å². The number of aliphatic hydroxyl groups is 1. The molecule has 1 atom stereocenters. The number of esters is 2. The molecule has 0 bridgehead atoms. The molecule has 1 unspecified atom stereocenters. The summed E-state index contributed by atoms with van der Waals surface area (Å²) in [6.07, 6.45) is 106. The average molecular weight is 1190 g/mol. The quantitative estimate of drug-likeness (QED) is 0.0373. The zero-order valence-electron chi connectivity index (χ0n) is 56.9. The van der Waals surface area contributed by atoms with E-state index in [1.54, 1.807) is 0 Å². The minimum atomic E-state index is -0.778. The van der Waals surface area contributed by atoms with Crippen molar-refractivity contribution in [3.05, 3.63) is 85.1 Å². The van der Waals surface area contributed by atoms with E-state index in [0.717, 1.165) is 83.5 Å². The fourth-order valence-corrected chi connectivity index (χ4v) is 11.4. The van der Waals surface area contributed by atoms with Crippen LogP contribution in [0.15, 0.2) is 85.1 Å². The van der Waals surface area contributed by atoms with E-state index in [4.69, 9.17) is 9.47 Å². The number of rotatable bonds is 70. The van der Waals surface area contributed by atoms with Crippen molar-refractivity contribution < 1.29 is 24.2 Å². The summed E-state index contributed by atoms with van der Waals surface area (Å²) in [5, 5.41) is 9.72. The lowest BCUT2D eigenvalue weighted by Crippen LogP contribution is -2.28. The highest BCUT2D eigenvalue weighted by Crippen LogP contribution is 2.19. The summed E-state index contributed by atoms with van der Waals surface area (Å²) in [4.78, 5) is 24.7. The van der Waals surface area contributed by atoms with Gasteiger partial charge in [-0.2, -0.15) is 0 Å². The monoisotopic (exact) mass is 1190 g/mol. The van der Waals surface area contributed by atoms with Crippen LogP contribution in [0.3, 0.4) is 0 Å². The Labute approximate surface area is 530 Å². The molecule has 0 spiro atoms. The minimum Gasteiger partial charge on any atom is -0.462 e. The second-order valence-corrected chi connectivity index (χ2v) is 25.4. The number of carbonyl (C=O) groups is 2. The molecule has 494 valence electrons. The van der Waals surface area contributed by atoms with Gasteiger partial charge in [-0.3, -0.25) is 9.59 Å². The Morgan fingerprint density at radius 3 is 0.765 bits per heavy atom. The van der Waals surface area contributed by atoms with Crippen LogP contribution < -0.4 is 0 Å². The molecule has 0 aromatic carbocycles. The van der Waals surface area contributed by atoms with Crippen LogP contribution >= 0.6 is 0 Å². The Balaban J connectivity index is 3.42. The van der Waals surface area contributed by atoms with Gasteiger partial charge in [0.25, 0.3) is 0 Å². The predicted molar refractivity (Wildman–Crippen MR) is 376 cm³/mol. The van der Waals surface area contributed by atoms with Gasteiger partial charge in [-0.25, -0.2) is 0 Å². The van der Waals surface area contributed by atoms with Gasteiger partial charge < -0.3 is 14.6 Å². The Kier molecular flexibility index (Phi) is 72.7. The van der Waals surface area contributed by atoms with E-state index in [2.05, 4.69) is 98.9 Å². The molecular formula is C80H144O5. The van der Waals surface area contributed by atoms with Gasteiger partial charge in [-0.05, 0) is 70.6 Å². The Morgan fingerprint density at radius 1 is 0.282 bits per heavy atom. The third-order valence-electron chi connectivity index (χ3n) is 17.0. The van der Waals surface area contributed by atoms with E-state index < -0.39 is 6.10 Å². The van der Waals surface area contributed by atoms with Gasteiger partial charge in [0, 0.05) is 12.8 Å². The molecule has 0 radical (unpaired) electrons. The number of hydrogen-bond donors (Lipinski definition) is 1. The average Bonchev–Trinajstić information content (AvgIpc) is 3.52. The second-order valence-electron chi connectivity index (χ2n) is 25.4. The summed E-state index contributed by atoms with van der Waals surface area (Å²) < 4.78 is 10.8. The maximum absolute atomic E-state index is 12.4. The molecule has 0 saturated heterocycles. The normalized spacial score (nSPS) is 12.6. The first kappa shape index (κ1) is 82.1. The Hall–Kier alpha value is -2.92. The van der Waals surface area contributed by atoms with Crippen LogP contribution in [0.4, 0.5) is 0 Å². The standard InChI is InChI=1S/C80H144O5/c1-3-5-7-9-11-13-15-17-19-21-23-25-27-29-31-33-35-37-38-39-40-41-43-44-46-48-50-52-54-56-58-60-62-64-66-68-70-72-74-79(82)84-77-78(76-81)85-80(83)75-73-71-69-67-65-63-61-59-57-55-53-51-49-47-45-42-36-34-32-30-28-26-24-22-20-18-16-14-12-10-8-6-4-2/h6,8,12,14,18,20,24,26,30,32,36,42,47,49,78,81H,3-5,7,9-11,13,15-17,19,21-23,25,27-29,31,33-35,37-41,43-46,48,50-77H2,1-2H3/b8-6-,14-12-,20-18-,26-24-,32-30-,42-36-,49-47-. The third-order valence-corrected chi connectivity index (χ3v) is 17.0. The Bertz CT molecular complexity index is 1530. The lowest BCUT2D eigenvalue weighted by atomic mass is 10.0. The first-order chi connectivity index (χ1) is 42.1. The molecular weight excluding hydrogens is 1040 g/mol. The van der Waals surface area contributed by atoms with Crippen LogP contribution in [0.5, 0.6) is 0 Å². The molecule has 5 nitrogen and oxygen atoms in total. The van der Waals surface area contributed by atoms with Crippen molar-refractivity contribution in [3.8, 4) is 0 Å². The van der Waals surface area contributed by atoms with Crippen LogP contribution in [0.2, 0.25) is 0 Å². The highest BCUT2D eigenvalue weighted by molar-refractivity contribution is 5.70. The van der Waals surface area contributed by atoms with Crippen LogP contribution in [0.1, 0.15) is 393 Å². The molecule has 0 aliphatic heterocycles. The van der Waals surface area contributed by atoms with E-state index in [0.29, 0.717) is 12.8 Å².